The van der Waals surface area contributed by atoms with Gasteiger partial charge < -0.3 is 9.80 Å². The molecule has 2 aromatic rings. The maximum absolute atomic E-state index is 2.27. The third-order valence-corrected chi connectivity index (χ3v) is 4.04. The van der Waals surface area contributed by atoms with Crippen molar-refractivity contribution in [2.75, 3.05) is 27.2 Å². The second kappa shape index (κ2) is 7.43. The lowest BCUT2D eigenvalue weighted by molar-refractivity contribution is -0.960. The van der Waals surface area contributed by atoms with Gasteiger partial charge in [-0.15, -0.1) is 0 Å². The molecule has 2 nitrogen and oxygen atoms in total. The summed E-state index contributed by atoms with van der Waals surface area (Å²) in [6, 6.07) is 13.1. The smallest absolute Gasteiger partial charge is 0.127 e. The van der Waals surface area contributed by atoms with Gasteiger partial charge in [0.05, 0.1) is 14.1 Å². The van der Waals surface area contributed by atoms with Crippen molar-refractivity contribution in [2.24, 2.45) is 0 Å². The summed E-state index contributed by atoms with van der Waals surface area (Å²) in [5.41, 5.74) is 2.89. The fraction of sp³-hybridized carbons (Fsp3) is 0.375. The van der Waals surface area contributed by atoms with Crippen molar-refractivity contribution in [3.8, 4) is 0 Å². The fourth-order valence-corrected chi connectivity index (χ4v) is 2.90. The highest BCUT2D eigenvalue weighted by Crippen LogP contribution is 2.04. The lowest BCUT2D eigenvalue weighted by Crippen LogP contribution is -3.16. The number of nitrogens with one attached hydrogen (secondary N) is 2. The Hall–Kier alpha value is -1.16. The first-order chi connectivity index (χ1) is 9.24. The topological polar surface area (TPSA) is 8.88 Å². The number of hydrogen-bond acceptors (Lipinski definition) is 1. The minimum absolute atomic E-state index is 1.12. The summed E-state index contributed by atoms with van der Waals surface area (Å²) < 4.78 is 0. The van der Waals surface area contributed by atoms with Crippen LogP contribution in [-0.2, 0) is 13.1 Å². The molecule has 0 aliphatic carbocycles. The van der Waals surface area contributed by atoms with Crippen molar-refractivity contribution in [1.29, 1.82) is 0 Å². The van der Waals surface area contributed by atoms with Crippen LogP contribution in [0.4, 0.5) is 0 Å². The van der Waals surface area contributed by atoms with Crippen LogP contribution in [0.15, 0.2) is 47.2 Å². The zero-order chi connectivity index (χ0) is 13.5. The monoisotopic (exact) mass is 276 g/mol. The molecule has 0 aliphatic heterocycles. The molecule has 0 saturated heterocycles. The normalized spacial score (nSPS) is 12.8. The number of quaternary nitrogens is 2. The predicted molar refractivity (Wildman–Crippen MR) is 81.7 cm³/mol. The first-order valence-corrected chi connectivity index (χ1v) is 7.86. The van der Waals surface area contributed by atoms with Crippen LogP contribution >= 0.6 is 11.3 Å². The number of thiophene rings is 1. The number of benzene rings is 1. The maximum atomic E-state index is 2.27. The highest BCUT2D eigenvalue weighted by molar-refractivity contribution is 7.07. The van der Waals surface area contributed by atoms with Gasteiger partial charge in [-0.25, -0.2) is 0 Å². The number of likely N-dealkylation sites (N-methyl/N-ethyl adjacent to an activating group) is 1. The Morgan fingerprint density at radius 3 is 2.26 bits per heavy atom. The number of rotatable bonds is 7. The highest BCUT2D eigenvalue weighted by atomic mass is 32.1. The Balaban J connectivity index is 1.97. The van der Waals surface area contributed by atoms with E-state index in [0.717, 1.165) is 13.1 Å². The molecule has 1 unspecified atom stereocenters. The van der Waals surface area contributed by atoms with Crippen LogP contribution in [0.5, 0.6) is 0 Å². The van der Waals surface area contributed by atoms with Gasteiger partial charge >= 0.3 is 0 Å². The van der Waals surface area contributed by atoms with Crippen LogP contribution in [0.3, 0.4) is 0 Å². The average molecular weight is 276 g/mol. The lowest BCUT2D eigenvalue weighted by Gasteiger charge is -2.20. The van der Waals surface area contributed by atoms with Crippen LogP contribution in [0.1, 0.15) is 11.1 Å². The molecule has 0 bridgehead atoms. The quantitative estimate of drug-likeness (QED) is 0.728. The summed E-state index contributed by atoms with van der Waals surface area (Å²) in [5.74, 6) is 0. The highest BCUT2D eigenvalue weighted by Gasteiger charge is 2.12. The van der Waals surface area contributed by atoms with Crippen LogP contribution in [0.2, 0.25) is 0 Å². The van der Waals surface area contributed by atoms with Crippen LogP contribution < -0.4 is 9.80 Å². The van der Waals surface area contributed by atoms with E-state index in [1.165, 1.54) is 29.1 Å². The summed E-state index contributed by atoms with van der Waals surface area (Å²) in [6.45, 7) is 4.68. The van der Waals surface area contributed by atoms with Gasteiger partial charge in [0.25, 0.3) is 0 Å². The van der Waals surface area contributed by atoms with Crippen LogP contribution in [0, 0.1) is 0 Å². The molecule has 2 rings (SSSR count). The largest absolute Gasteiger partial charge is 0.335 e. The molecule has 1 aromatic heterocycles. The molecule has 19 heavy (non-hydrogen) atoms. The zero-order valence-corrected chi connectivity index (χ0v) is 12.7. The summed E-state index contributed by atoms with van der Waals surface area (Å²) in [4.78, 5) is 3.17. The molecule has 0 amide bonds. The average Bonchev–Trinajstić information content (AvgIpc) is 2.90. The molecule has 3 heteroatoms. The number of hydrogen-bond donors (Lipinski definition) is 2. The van der Waals surface area contributed by atoms with E-state index in [1.54, 1.807) is 16.2 Å². The molecule has 0 aliphatic rings. The molecule has 0 spiro atoms. The van der Waals surface area contributed by atoms with E-state index < -0.39 is 0 Å². The minimum Gasteiger partial charge on any atom is -0.335 e. The van der Waals surface area contributed by atoms with Gasteiger partial charge in [0, 0.05) is 11.1 Å². The predicted octanol–water partition coefficient (Wildman–Crippen LogP) is 0.478. The van der Waals surface area contributed by atoms with Gasteiger partial charge in [-0.05, 0) is 16.8 Å². The first kappa shape index (κ1) is 14.3. The summed E-state index contributed by atoms with van der Waals surface area (Å²) in [5, 5.41) is 4.44. The molecule has 0 fully saturated rings. The Morgan fingerprint density at radius 1 is 0.895 bits per heavy atom. The third kappa shape index (κ3) is 5.15. The van der Waals surface area contributed by atoms with E-state index >= 15 is 0 Å². The van der Waals surface area contributed by atoms with E-state index in [4.69, 9.17) is 0 Å². The molecular weight excluding hydrogens is 252 g/mol. The SMILES string of the molecule is C[NH+](C)CC[NH+](Cc1ccccc1)Cc1ccsc1. The minimum atomic E-state index is 1.12. The second-order valence-corrected chi connectivity index (χ2v) is 6.21. The molecule has 1 atom stereocenters. The van der Waals surface area contributed by atoms with Crippen molar-refractivity contribution < 1.29 is 9.80 Å². The van der Waals surface area contributed by atoms with Crippen molar-refractivity contribution in [2.45, 2.75) is 13.1 Å². The fourth-order valence-electron chi connectivity index (χ4n) is 2.23. The summed E-state index contributed by atoms with van der Waals surface area (Å²) in [7, 11) is 4.45. The van der Waals surface area contributed by atoms with E-state index in [9.17, 15) is 0 Å². The molecule has 2 N–H and O–H groups in total. The summed E-state index contributed by atoms with van der Waals surface area (Å²) in [6.07, 6.45) is 0. The van der Waals surface area contributed by atoms with Crippen molar-refractivity contribution in [3.05, 3.63) is 58.3 Å². The maximum Gasteiger partial charge on any atom is 0.127 e. The summed E-state index contributed by atoms with van der Waals surface area (Å²) >= 11 is 1.79. The molecule has 1 heterocycles. The Morgan fingerprint density at radius 2 is 1.63 bits per heavy atom. The van der Waals surface area contributed by atoms with E-state index in [0.29, 0.717) is 0 Å². The van der Waals surface area contributed by atoms with Crippen molar-refractivity contribution in [3.63, 3.8) is 0 Å². The Bertz CT molecular complexity index is 451. The third-order valence-electron chi connectivity index (χ3n) is 3.31. The van der Waals surface area contributed by atoms with Crippen LogP contribution in [-0.4, -0.2) is 27.2 Å². The Kier molecular flexibility index (Phi) is 5.58. The van der Waals surface area contributed by atoms with E-state index in [2.05, 4.69) is 61.3 Å². The van der Waals surface area contributed by atoms with Gasteiger partial charge in [-0.2, -0.15) is 11.3 Å². The van der Waals surface area contributed by atoms with E-state index in [1.807, 2.05) is 0 Å². The molecular formula is C16H24N2S+2. The van der Waals surface area contributed by atoms with Gasteiger partial charge in [0.2, 0.25) is 0 Å². The van der Waals surface area contributed by atoms with E-state index in [-0.39, 0.29) is 0 Å². The first-order valence-electron chi connectivity index (χ1n) is 6.91. The molecule has 0 radical (unpaired) electrons. The van der Waals surface area contributed by atoms with Gasteiger partial charge in [0.1, 0.15) is 26.2 Å². The molecule has 0 saturated carbocycles. The van der Waals surface area contributed by atoms with Gasteiger partial charge in [0.15, 0.2) is 0 Å². The molecule has 102 valence electrons. The standard InChI is InChI=1S/C16H22N2S/c1-17(2)9-10-18(13-16-8-11-19-14-16)12-15-6-4-3-5-7-15/h3-8,11,14H,9-10,12-13H2,1-2H3/p+2. The van der Waals surface area contributed by atoms with Crippen molar-refractivity contribution >= 4 is 11.3 Å². The van der Waals surface area contributed by atoms with Crippen molar-refractivity contribution in [1.82, 2.24) is 0 Å². The van der Waals surface area contributed by atoms with Crippen LogP contribution in [0.25, 0.3) is 0 Å². The Labute approximate surface area is 120 Å². The molecule has 1 aromatic carbocycles. The zero-order valence-electron chi connectivity index (χ0n) is 11.9. The lowest BCUT2D eigenvalue weighted by atomic mass is 10.2. The van der Waals surface area contributed by atoms with Gasteiger partial charge in [-0.1, -0.05) is 30.3 Å². The second-order valence-electron chi connectivity index (χ2n) is 5.43. The van der Waals surface area contributed by atoms with Gasteiger partial charge in [-0.3, -0.25) is 0 Å².